The van der Waals surface area contributed by atoms with Crippen LogP contribution in [0.5, 0.6) is 0 Å². The average Bonchev–Trinajstić information content (AvgIpc) is 2.53. The molecule has 3 nitrogen and oxygen atoms in total. The first-order valence-corrected chi connectivity index (χ1v) is 8.59. The molecule has 0 unspecified atom stereocenters. The molecule has 1 rings (SSSR count). The molecule has 0 heterocycles. The van der Waals surface area contributed by atoms with Crippen molar-refractivity contribution in [1.29, 1.82) is 0 Å². The highest BCUT2D eigenvalue weighted by Crippen LogP contribution is 2.13. The predicted molar refractivity (Wildman–Crippen MR) is 93.3 cm³/mol. The normalized spacial score (nSPS) is 10.5. The van der Waals surface area contributed by atoms with E-state index in [1.807, 2.05) is 0 Å². The van der Waals surface area contributed by atoms with Gasteiger partial charge >= 0.3 is 5.97 Å². The third-order valence-electron chi connectivity index (χ3n) is 3.89. The van der Waals surface area contributed by atoms with Crippen molar-refractivity contribution in [3.05, 3.63) is 30.3 Å². The van der Waals surface area contributed by atoms with Gasteiger partial charge in [0, 0.05) is 26.2 Å². The van der Waals surface area contributed by atoms with E-state index in [9.17, 15) is 4.79 Å². The lowest BCUT2D eigenvalue weighted by molar-refractivity contribution is -0.141. The highest BCUT2D eigenvalue weighted by Gasteiger charge is 1.99. The van der Waals surface area contributed by atoms with E-state index in [0.717, 1.165) is 13.0 Å². The number of para-hydroxylation sites is 1. The van der Waals surface area contributed by atoms with Crippen LogP contribution < -0.4 is 4.90 Å². The van der Waals surface area contributed by atoms with Gasteiger partial charge in [0.15, 0.2) is 0 Å². The Hall–Kier alpha value is -1.51. The summed E-state index contributed by atoms with van der Waals surface area (Å²) in [6.07, 6.45) is 9.95. The van der Waals surface area contributed by atoms with E-state index in [0.29, 0.717) is 6.61 Å². The number of hydrogen-bond acceptors (Lipinski definition) is 3. The smallest absolute Gasteiger partial charge is 0.302 e. The van der Waals surface area contributed by atoms with Gasteiger partial charge in [-0.15, -0.1) is 0 Å². The van der Waals surface area contributed by atoms with Gasteiger partial charge < -0.3 is 9.64 Å². The quantitative estimate of drug-likeness (QED) is 0.410. The maximum atomic E-state index is 10.6. The van der Waals surface area contributed by atoms with E-state index in [4.69, 9.17) is 4.74 Å². The van der Waals surface area contributed by atoms with Crippen molar-refractivity contribution in [2.45, 2.75) is 58.3 Å². The Balaban J connectivity index is 1.87. The average molecular weight is 305 g/mol. The number of rotatable bonds is 12. The van der Waals surface area contributed by atoms with Crippen LogP contribution in [0.1, 0.15) is 58.3 Å². The third kappa shape index (κ3) is 9.43. The summed E-state index contributed by atoms with van der Waals surface area (Å²) in [5, 5.41) is 0. The Morgan fingerprint density at radius 3 is 2.05 bits per heavy atom. The summed E-state index contributed by atoms with van der Waals surface area (Å²) in [4.78, 5) is 12.9. The Labute approximate surface area is 135 Å². The molecule has 0 amide bonds. The molecule has 0 aliphatic heterocycles. The zero-order valence-corrected chi connectivity index (χ0v) is 14.2. The zero-order chi connectivity index (χ0) is 16.0. The van der Waals surface area contributed by atoms with Crippen molar-refractivity contribution in [1.82, 2.24) is 0 Å². The van der Waals surface area contributed by atoms with Gasteiger partial charge in [-0.05, 0) is 25.0 Å². The van der Waals surface area contributed by atoms with Crippen molar-refractivity contribution < 1.29 is 9.53 Å². The number of benzene rings is 1. The van der Waals surface area contributed by atoms with E-state index in [1.165, 1.54) is 57.6 Å². The fraction of sp³-hybridized carbons (Fsp3) is 0.632. The summed E-state index contributed by atoms with van der Waals surface area (Å²) >= 11 is 0. The minimum absolute atomic E-state index is 0.166. The Morgan fingerprint density at radius 1 is 0.909 bits per heavy atom. The van der Waals surface area contributed by atoms with Crippen LogP contribution in [0, 0.1) is 0 Å². The predicted octanol–water partition coefficient (Wildman–Crippen LogP) is 4.81. The van der Waals surface area contributed by atoms with Crippen molar-refractivity contribution in [3.63, 3.8) is 0 Å². The summed E-state index contributed by atoms with van der Waals surface area (Å²) in [7, 11) is 2.17. The Bertz CT molecular complexity index is 392. The molecule has 0 spiro atoms. The number of carbonyl (C=O) groups is 1. The number of carbonyl (C=O) groups excluding carboxylic acids is 1. The first-order chi connectivity index (χ1) is 10.7. The maximum Gasteiger partial charge on any atom is 0.302 e. The van der Waals surface area contributed by atoms with Crippen LogP contribution in [-0.2, 0) is 9.53 Å². The summed E-state index contributed by atoms with van der Waals surface area (Å²) in [5.41, 5.74) is 1.30. The Morgan fingerprint density at radius 2 is 1.45 bits per heavy atom. The molecular weight excluding hydrogens is 274 g/mol. The number of esters is 1. The van der Waals surface area contributed by atoms with Gasteiger partial charge in [0.1, 0.15) is 0 Å². The first-order valence-electron chi connectivity index (χ1n) is 8.59. The topological polar surface area (TPSA) is 29.5 Å². The molecule has 1 aromatic rings. The molecule has 0 N–H and O–H groups in total. The van der Waals surface area contributed by atoms with Gasteiger partial charge in [-0.2, -0.15) is 0 Å². The maximum absolute atomic E-state index is 10.6. The van der Waals surface area contributed by atoms with Gasteiger partial charge in [0.25, 0.3) is 0 Å². The fourth-order valence-corrected chi connectivity index (χ4v) is 2.54. The summed E-state index contributed by atoms with van der Waals surface area (Å²) in [6, 6.07) is 10.6. The molecule has 0 aliphatic rings. The van der Waals surface area contributed by atoms with E-state index >= 15 is 0 Å². The molecule has 0 saturated heterocycles. The van der Waals surface area contributed by atoms with Crippen molar-refractivity contribution in [2.24, 2.45) is 0 Å². The Kier molecular flexibility index (Phi) is 10.2. The summed E-state index contributed by atoms with van der Waals surface area (Å²) in [5.74, 6) is -0.166. The fourth-order valence-electron chi connectivity index (χ4n) is 2.54. The summed E-state index contributed by atoms with van der Waals surface area (Å²) in [6.45, 7) is 3.18. The molecule has 1 aromatic carbocycles. The number of hydrogen-bond donors (Lipinski definition) is 0. The molecule has 0 atom stereocenters. The molecule has 0 bridgehead atoms. The number of ether oxygens (including phenoxy) is 1. The minimum atomic E-state index is -0.166. The van der Waals surface area contributed by atoms with E-state index in [-0.39, 0.29) is 5.97 Å². The van der Waals surface area contributed by atoms with Crippen molar-refractivity contribution >= 4 is 11.7 Å². The lowest BCUT2D eigenvalue weighted by atomic mass is 10.1. The first kappa shape index (κ1) is 18.5. The number of anilines is 1. The summed E-state index contributed by atoms with van der Waals surface area (Å²) < 4.78 is 4.92. The molecule has 124 valence electrons. The second-order valence-electron chi connectivity index (χ2n) is 5.93. The highest BCUT2D eigenvalue weighted by atomic mass is 16.5. The number of unbranched alkanes of at least 4 members (excludes halogenated alkanes) is 7. The minimum Gasteiger partial charge on any atom is -0.466 e. The van der Waals surface area contributed by atoms with Gasteiger partial charge in [-0.3, -0.25) is 4.79 Å². The molecule has 3 heteroatoms. The molecule has 22 heavy (non-hydrogen) atoms. The van der Waals surface area contributed by atoms with Gasteiger partial charge in [0.2, 0.25) is 0 Å². The molecular formula is C19H31NO2. The third-order valence-corrected chi connectivity index (χ3v) is 3.89. The van der Waals surface area contributed by atoms with Crippen molar-refractivity contribution in [2.75, 3.05) is 25.1 Å². The van der Waals surface area contributed by atoms with Gasteiger partial charge in [-0.25, -0.2) is 0 Å². The zero-order valence-electron chi connectivity index (χ0n) is 14.2. The largest absolute Gasteiger partial charge is 0.466 e. The monoisotopic (exact) mass is 305 g/mol. The van der Waals surface area contributed by atoms with Gasteiger partial charge in [0.05, 0.1) is 6.61 Å². The molecule has 0 radical (unpaired) electrons. The molecule has 0 aromatic heterocycles. The van der Waals surface area contributed by atoms with Crippen LogP contribution in [0.4, 0.5) is 5.69 Å². The SMILES string of the molecule is CC(=O)OCCCCCCCCCCN(C)c1ccccc1. The molecule has 0 saturated carbocycles. The van der Waals surface area contributed by atoms with Crippen LogP contribution >= 0.6 is 0 Å². The van der Waals surface area contributed by atoms with Crippen LogP contribution in [0.15, 0.2) is 30.3 Å². The highest BCUT2D eigenvalue weighted by molar-refractivity contribution is 5.65. The van der Waals surface area contributed by atoms with Gasteiger partial charge in [-0.1, -0.05) is 56.7 Å². The van der Waals surface area contributed by atoms with Crippen LogP contribution in [0.2, 0.25) is 0 Å². The lowest BCUT2D eigenvalue weighted by Crippen LogP contribution is -2.18. The molecule has 0 fully saturated rings. The van der Waals surface area contributed by atoms with E-state index in [2.05, 4.69) is 42.3 Å². The second kappa shape index (κ2) is 12.1. The second-order valence-corrected chi connectivity index (χ2v) is 5.93. The standard InChI is InChI=1S/C19H31NO2/c1-18(21)22-17-13-8-6-4-3-5-7-12-16-20(2)19-14-10-9-11-15-19/h9-11,14-15H,3-8,12-13,16-17H2,1-2H3. The van der Waals surface area contributed by atoms with Crippen LogP contribution in [0.3, 0.4) is 0 Å². The van der Waals surface area contributed by atoms with Crippen LogP contribution in [-0.4, -0.2) is 26.2 Å². The van der Waals surface area contributed by atoms with Crippen molar-refractivity contribution in [3.8, 4) is 0 Å². The van der Waals surface area contributed by atoms with E-state index in [1.54, 1.807) is 0 Å². The number of nitrogens with zero attached hydrogens (tertiary/aromatic N) is 1. The lowest BCUT2D eigenvalue weighted by Gasteiger charge is -2.18. The van der Waals surface area contributed by atoms with E-state index < -0.39 is 0 Å². The van der Waals surface area contributed by atoms with Crippen LogP contribution in [0.25, 0.3) is 0 Å². The molecule has 0 aliphatic carbocycles.